The number of rotatable bonds is 3. The highest BCUT2D eigenvalue weighted by Crippen LogP contribution is 2.21. The minimum Gasteiger partial charge on any atom is -0.322 e. The first-order chi connectivity index (χ1) is 8.49. The Bertz CT molecular complexity index is 548. The fraction of sp³-hybridized carbons (Fsp3) is 0.385. The van der Waals surface area contributed by atoms with Crippen molar-refractivity contribution >= 4 is 11.6 Å². The molecule has 2 aromatic rings. The van der Waals surface area contributed by atoms with Gasteiger partial charge in [0.1, 0.15) is 5.69 Å². The fourth-order valence-corrected chi connectivity index (χ4v) is 1.80. The standard InChI is InChI=1S/C13H17ClN4/c1-8(2)13(15)12-7-18(17-16-12)10-5-4-9(3)11(14)6-10/h4-8,13H,15H2,1-3H3. The van der Waals surface area contributed by atoms with Crippen LogP contribution in [0.1, 0.15) is 31.1 Å². The Labute approximate surface area is 112 Å². The molecular formula is C13H17ClN4. The van der Waals surface area contributed by atoms with Gasteiger partial charge in [0.15, 0.2) is 0 Å². The Balaban J connectivity index is 2.32. The molecule has 1 aromatic carbocycles. The van der Waals surface area contributed by atoms with Crippen molar-refractivity contribution in [1.82, 2.24) is 15.0 Å². The molecule has 4 nitrogen and oxygen atoms in total. The summed E-state index contributed by atoms with van der Waals surface area (Å²) in [5, 5.41) is 8.92. The molecule has 1 heterocycles. The average molecular weight is 265 g/mol. The van der Waals surface area contributed by atoms with Crippen LogP contribution in [0.25, 0.3) is 5.69 Å². The average Bonchev–Trinajstić information content (AvgIpc) is 2.81. The highest BCUT2D eigenvalue weighted by atomic mass is 35.5. The summed E-state index contributed by atoms with van der Waals surface area (Å²) in [5.41, 5.74) is 8.77. The Morgan fingerprint density at radius 2 is 2.06 bits per heavy atom. The van der Waals surface area contributed by atoms with Crippen LogP contribution in [0, 0.1) is 12.8 Å². The van der Waals surface area contributed by atoms with Gasteiger partial charge >= 0.3 is 0 Å². The first-order valence-electron chi connectivity index (χ1n) is 5.93. The van der Waals surface area contributed by atoms with Crippen molar-refractivity contribution in [2.45, 2.75) is 26.8 Å². The number of halogens is 1. The lowest BCUT2D eigenvalue weighted by Gasteiger charge is -2.11. The van der Waals surface area contributed by atoms with Crippen molar-refractivity contribution in [3.8, 4) is 5.69 Å². The van der Waals surface area contributed by atoms with Crippen LogP contribution in [-0.4, -0.2) is 15.0 Å². The lowest BCUT2D eigenvalue weighted by Crippen LogP contribution is -2.17. The zero-order valence-electron chi connectivity index (χ0n) is 10.8. The quantitative estimate of drug-likeness (QED) is 0.927. The maximum atomic E-state index is 6.10. The first kappa shape index (κ1) is 13.1. The predicted molar refractivity (Wildman–Crippen MR) is 72.9 cm³/mol. The Kier molecular flexibility index (Phi) is 3.68. The fourth-order valence-electron chi connectivity index (χ4n) is 1.62. The van der Waals surface area contributed by atoms with Crippen molar-refractivity contribution in [2.24, 2.45) is 11.7 Å². The summed E-state index contributed by atoms with van der Waals surface area (Å²) in [6.07, 6.45) is 1.85. The number of hydrogen-bond donors (Lipinski definition) is 1. The van der Waals surface area contributed by atoms with Gasteiger partial charge in [-0.1, -0.05) is 36.7 Å². The van der Waals surface area contributed by atoms with E-state index in [-0.39, 0.29) is 6.04 Å². The zero-order valence-corrected chi connectivity index (χ0v) is 11.5. The number of aryl methyl sites for hydroxylation is 1. The van der Waals surface area contributed by atoms with Gasteiger partial charge in [-0.3, -0.25) is 0 Å². The lowest BCUT2D eigenvalue weighted by molar-refractivity contribution is 0.502. The summed E-state index contributed by atoms with van der Waals surface area (Å²) in [6, 6.07) is 5.69. The van der Waals surface area contributed by atoms with E-state index in [9.17, 15) is 0 Å². The smallest absolute Gasteiger partial charge is 0.100 e. The highest BCUT2D eigenvalue weighted by molar-refractivity contribution is 6.31. The van der Waals surface area contributed by atoms with Crippen LogP contribution in [-0.2, 0) is 0 Å². The van der Waals surface area contributed by atoms with E-state index < -0.39 is 0 Å². The summed E-state index contributed by atoms with van der Waals surface area (Å²) < 4.78 is 1.70. The predicted octanol–water partition coefficient (Wildman–Crippen LogP) is 2.88. The van der Waals surface area contributed by atoms with Gasteiger partial charge in [-0.2, -0.15) is 0 Å². The van der Waals surface area contributed by atoms with Crippen LogP contribution in [0.4, 0.5) is 0 Å². The largest absolute Gasteiger partial charge is 0.322 e. The molecule has 0 radical (unpaired) electrons. The zero-order chi connectivity index (χ0) is 13.3. The molecule has 0 aliphatic rings. The summed E-state index contributed by atoms with van der Waals surface area (Å²) in [5.74, 6) is 0.330. The number of hydrogen-bond acceptors (Lipinski definition) is 3. The van der Waals surface area contributed by atoms with Crippen molar-refractivity contribution in [2.75, 3.05) is 0 Å². The second kappa shape index (κ2) is 5.08. The van der Waals surface area contributed by atoms with Gasteiger partial charge in [-0.15, -0.1) is 5.10 Å². The van der Waals surface area contributed by atoms with E-state index in [1.54, 1.807) is 4.68 Å². The Hall–Kier alpha value is -1.39. The molecule has 0 saturated heterocycles. The van der Waals surface area contributed by atoms with Crippen LogP contribution in [0.5, 0.6) is 0 Å². The third-order valence-electron chi connectivity index (χ3n) is 2.99. The Morgan fingerprint density at radius 1 is 1.33 bits per heavy atom. The van der Waals surface area contributed by atoms with Crippen molar-refractivity contribution in [3.63, 3.8) is 0 Å². The number of nitrogens with zero attached hydrogens (tertiary/aromatic N) is 3. The van der Waals surface area contributed by atoms with E-state index in [4.69, 9.17) is 17.3 Å². The third kappa shape index (κ3) is 2.54. The Morgan fingerprint density at radius 3 is 2.67 bits per heavy atom. The van der Waals surface area contributed by atoms with Crippen molar-refractivity contribution in [3.05, 3.63) is 40.7 Å². The van der Waals surface area contributed by atoms with Crippen LogP contribution < -0.4 is 5.73 Å². The molecule has 1 aromatic heterocycles. The maximum absolute atomic E-state index is 6.10. The van der Waals surface area contributed by atoms with E-state index in [1.807, 2.05) is 31.3 Å². The molecule has 1 unspecified atom stereocenters. The van der Waals surface area contributed by atoms with Gasteiger partial charge in [-0.25, -0.2) is 4.68 Å². The third-order valence-corrected chi connectivity index (χ3v) is 3.40. The van der Waals surface area contributed by atoms with Crippen molar-refractivity contribution < 1.29 is 0 Å². The van der Waals surface area contributed by atoms with Crippen LogP contribution >= 0.6 is 11.6 Å². The first-order valence-corrected chi connectivity index (χ1v) is 6.31. The summed E-state index contributed by atoms with van der Waals surface area (Å²) >= 11 is 6.10. The molecule has 0 saturated carbocycles. The minimum atomic E-state index is -0.0975. The molecule has 0 aliphatic carbocycles. The molecule has 2 N–H and O–H groups in total. The molecule has 0 fully saturated rings. The van der Waals surface area contributed by atoms with E-state index in [0.29, 0.717) is 5.92 Å². The van der Waals surface area contributed by atoms with E-state index in [2.05, 4.69) is 24.2 Å². The van der Waals surface area contributed by atoms with Crippen LogP contribution in [0.2, 0.25) is 5.02 Å². The molecule has 0 spiro atoms. The molecule has 18 heavy (non-hydrogen) atoms. The van der Waals surface area contributed by atoms with E-state index in [1.165, 1.54) is 0 Å². The summed E-state index contributed by atoms with van der Waals surface area (Å²) in [6.45, 7) is 6.09. The molecular weight excluding hydrogens is 248 g/mol. The topological polar surface area (TPSA) is 56.7 Å². The van der Waals surface area contributed by atoms with Gasteiger partial charge < -0.3 is 5.73 Å². The second-order valence-electron chi connectivity index (χ2n) is 4.79. The van der Waals surface area contributed by atoms with Gasteiger partial charge in [0, 0.05) is 5.02 Å². The molecule has 5 heteroatoms. The maximum Gasteiger partial charge on any atom is 0.100 e. The molecule has 0 bridgehead atoms. The lowest BCUT2D eigenvalue weighted by atomic mass is 10.0. The van der Waals surface area contributed by atoms with Gasteiger partial charge in [-0.05, 0) is 30.5 Å². The van der Waals surface area contributed by atoms with Crippen molar-refractivity contribution in [1.29, 1.82) is 0 Å². The number of aromatic nitrogens is 3. The molecule has 0 amide bonds. The molecule has 96 valence electrons. The van der Waals surface area contributed by atoms with Gasteiger partial charge in [0.25, 0.3) is 0 Å². The molecule has 0 aliphatic heterocycles. The molecule has 1 atom stereocenters. The van der Waals surface area contributed by atoms with E-state index in [0.717, 1.165) is 22.0 Å². The number of nitrogens with two attached hydrogens (primary N) is 1. The minimum absolute atomic E-state index is 0.0975. The molecule has 2 rings (SSSR count). The second-order valence-corrected chi connectivity index (χ2v) is 5.20. The van der Waals surface area contributed by atoms with Crippen LogP contribution in [0.3, 0.4) is 0 Å². The summed E-state index contributed by atoms with van der Waals surface area (Å²) in [7, 11) is 0. The number of benzene rings is 1. The SMILES string of the molecule is Cc1ccc(-n2cc(C(N)C(C)C)nn2)cc1Cl. The van der Waals surface area contributed by atoms with Gasteiger partial charge in [0.2, 0.25) is 0 Å². The normalized spacial score (nSPS) is 13.0. The van der Waals surface area contributed by atoms with E-state index >= 15 is 0 Å². The highest BCUT2D eigenvalue weighted by Gasteiger charge is 2.14. The monoisotopic (exact) mass is 264 g/mol. The van der Waals surface area contributed by atoms with Gasteiger partial charge in [0.05, 0.1) is 17.9 Å². The van der Waals surface area contributed by atoms with Crippen LogP contribution in [0.15, 0.2) is 24.4 Å². The summed E-state index contributed by atoms with van der Waals surface area (Å²) in [4.78, 5) is 0.